The second-order valence-corrected chi connectivity index (χ2v) is 6.13. The Labute approximate surface area is 153 Å². The van der Waals surface area contributed by atoms with E-state index in [0.717, 1.165) is 18.4 Å². The molecule has 3 rings (SSSR count). The Balaban J connectivity index is 1.67. The topological polar surface area (TPSA) is 58.6 Å². The highest BCUT2D eigenvalue weighted by atomic mass is 16.5. The number of para-hydroxylation sites is 2. The van der Waals surface area contributed by atoms with Gasteiger partial charge >= 0.3 is 0 Å². The van der Waals surface area contributed by atoms with Gasteiger partial charge in [-0.15, -0.1) is 0 Å². The van der Waals surface area contributed by atoms with Gasteiger partial charge in [-0.1, -0.05) is 50.3 Å². The molecular formula is C21H22N2O3. The van der Waals surface area contributed by atoms with Gasteiger partial charge in [-0.3, -0.25) is 14.5 Å². The minimum absolute atomic E-state index is 0.0877. The largest absolute Gasteiger partial charge is 0.491 e. The summed E-state index contributed by atoms with van der Waals surface area (Å²) in [6, 6.07) is 14.5. The highest BCUT2D eigenvalue weighted by Gasteiger charge is 2.31. The van der Waals surface area contributed by atoms with Crippen molar-refractivity contribution in [2.75, 3.05) is 18.5 Å². The van der Waals surface area contributed by atoms with Crippen molar-refractivity contribution in [3.63, 3.8) is 0 Å². The van der Waals surface area contributed by atoms with E-state index in [9.17, 15) is 9.59 Å². The summed E-state index contributed by atoms with van der Waals surface area (Å²) < 4.78 is 5.73. The second kappa shape index (κ2) is 7.87. The zero-order valence-electron chi connectivity index (χ0n) is 14.8. The molecule has 0 unspecified atom stereocenters. The van der Waals surface area contributed by atoms with Crippen LogP contribution in [0.3, 0.4) is 0 Å². The highest BCUT2D eigenvalue weighted by molar-refractivity contribution is 6.11. The van der Waals surface area contributed by atoms with Crippen LogP contribution in [0.2, 0.25) is 0 Å². The Morgan fingerprint density at radius 1 is 1.12 bits per heavy atom. The summed E-state index contributed by atoms with van der Waals surface area (Å²) in [5, 5.41) is 2.83. The first-order chi connectivity index (χ1) is 12.6. The quantitative estimate of drug-likeness (QED) is 0.770. The minimum atomic E-state index is -0.293. The first-order valence-corrected chi connectivity index (χ1v) is 8.73. The first kappa shape index (κ1) is 17.7. The zero-order chi connectivity index (χ0) is 18.5. The smallest absolute Gasteiger partial charge is 0.259 e. The molecule has 0 atom stereocenters. The van der Waals surface area contributed by atoms with Crippen LogP contribution in [0.1, 0.15) is 35.7 Å². The lowest BCUT2D eigenvalue weighted by molar-refractivity contribution is -0.116. The molecule has 1 heterocycles. The maximum absolute atomic E-state index is 12.5. The van der Waals surface area contributed by atoms with Gasteiger partial charge in [0.25, 0.3) is 5.91 Å². The predicted molar refractivity (Wildman–Crippen MR) is 102 cm³/mol. The fourth-order valence-corrected chi connectivity index (χ4v) is 2.86. The zero-order valence-corrected chi connectivity index (χ0v) is 14.8. The van der Waals surface area contributed by atoms with Crippen molar-refractivity contribution < 1.29 is 14.3 Å². The number of rotatable bonds is 7. The van der Waals surface area contributed by atoms with Crippen molar-refractivity contribution in [3.05, 3.63) is 66.2 Å². The van der Waals surface area contributed by atoms with Crippen LogP contribution < -0.4 is 10.1 Å². The van der Waals surface area contributed by atoms with E-state index in [4.69, 9.17) is 4.74 Å². The Hall–Kier alpha value is -3.08. The number of carbonyl (C=O) groups excluding carboxylic acids is 2. The standard InChI is InChI=1S/C21H22N2O3/c1-3-4-13-26-19-12-8-7-11-18(19)22-20(24)14-23-15(2)16-9-5-6-10-17(16)21(23)25/h5-12H,2-4,13-14H2,1H3,(H,22,24). The SMILES string of the molecule is C=C1c2ccccc2C(=O)N1CC(=O)Nc1ccccc1OCCCC. The van der Waals surface area contributed by atoms with Gasteiger partial charge in [-0.2, -0.15) is 0 Å². The van der Waals surface area contributed by atoms with Gasteiger partial charge in [-0.25, -0.2) is 0 Å². The van der Waals surface area contributed by atoms with Gasteiger partial charge in [0.1, 0.15) is 12.3 Å². The Morgan fingerprint density at radius 3 is 2.54 bits per heavy atom. The molecule has 1 N–H and O–H groups in total. The number of amides is 2. The van der Waals surface area contributed by atoms with Crippen molar-refractivity contribution in [1.82, 2.24) is 4.90 Å². The molecule has 0 aliphatic carbocycles. The summed E-state index contributed by atoms with van der Waals surface area (Å²) in [6.45, 7) is 6.56. The van der Waals surface area contributed by atoms with Crippen LogP contribution in [-0.4, -0.2) is 29.9 Å². The molecule has 0 saturated heterocycles. The fourth-order valence-electron chi connectivity index (χ4n) is 2.86. The molecule has 2 aromatic carbocycles. The van der Waals surface area contributed by atoms with Gasteiger partial charge < -0.3 is 10.1 Å². The van der Waals surface area contributed by atoms with E-state index in [0.29, 0.717) is 29.3 Å². The van der Waals surface area contributed by atoms with Gasteiger partial charge in [0.05, 0.1) is 12.3 Å². The van der Waals surface area contributed by atoms with Crippen LogP contribution in [0.4, 0.5) is 5.69 Å². The van der Waals surface area contributed by atoms with Crippen molar-refractivity contribution in [2.45, 2.75) is 19.8 Å². The average Bonchev–Trinajstić information content (AvgIpc) is 2.89. The number of ether oxygens (including phenoxy) is 1. The van der Waals surface area contributed by atoms with E-state index in [1.807, 2.05) is 30.3 Å². The maximum Gasteiger partial charge on any atom is 0.259 e. The number of benzene rings is 2. The molecule has 2 aromatic rings. The first-order valence-electron chi connectivity index (χ1n) is 8.73. The van der Waals surface area contributed by atoms with Crippen LogP contribution >= 0.6 is 0 Å². The average molecular weight is 350 g/mol. The summed E-state index contributed by atoms with van der Waals surface area (Å²) >= 11 is 0. The number of anilines is 1. The summed E-state index contributed by atoms with van der Waals surface area (Å²) in [6.07, 6.45) is 1.98. The lowest BCUT2D eigenvalue weighted by Crippen LogP contribution is -2.32. The summed E-state index contributed by atoms with van der Waals surface area (Å²) in [5.74, 6) is 0.135. The predicted octanol–water partition coefficient (Wildman–Crippen LogP) is 3.93. The lowest BCUT2D eigenvalue weighted by Gasteiger charge is -2.18. The van der Waals surface area contributed by atoms with Crippen molar-refractivity contribution in [2.24, 2.45) is 0 Å². The van der Waals surface area contributed by atoms with E-state index in [1.54, 1.807) is 18.2 Å². The van der Waals surface area contributed by atoms with Crippen LogP contribution in [-0.2, 0) is 4.79 Å². The third-order valence-corrected chi connectivity index (χ3v) is 4.26. The molecule has 134 valence electrons. The lowest BCUT2D eigenvalue weighted by atomic mass is 10.1. The molecule has 0 spiro atoms. The van der Waals surface area contributed by atoms with Crippen molar-refractivity contribution >= 4 is 23.2 Å². The van der Waals surface area contributed by atoms with E-state index in [2.05, 4.69) is 18.8 Å². The molecular weight excluding hydrogens is 328 g/mol. The molecule has 0 saturated carbocycles. The van der Waals surface area contributed by atoms with Crippen molar-refractivity contribution in [1.29, 1.82) is 0 Å². The molecule has 0 fully saturated rings. The van der Waals surface area contributed by atoms with E-state index < -0.39 is 0 Å². The van der Waals surface area contributed by atoms with Crippen LogP contribution in [0.15, 0.2) is 55.1 Å². The fraction of sp³-hybridized carbons (Fsp3) is 0.238. The Bertz CT molecular complexity index is 810. The maximum atomic E-state index is 12.5. The van der Waals surface area contributed by atoms with Crippen LogP contribution in [0, 0.1) is 0 Å². The van der Waals surface area contributed by atoms with Crippen LogP contribution in [0.25, 0.3) is 5.70 Å². The number of fused-ring (bicyclic) bond motifs is 1. The van der Waals surface area contributed by atoms with Crippen LogP contribution in [0.5, 0.6) is 5.75 Å². The van der Waals surface area contributed by atoms with E-state index in [1.165, 1.54) is 4.90 Å². The second-order valence-electron chi connectivity index (χ2n) is 6.13. The molecule has 1 aliphatic rings. The Kier molecular flexibility index (Phi) is 5.37. The number of unbranched alkanes of at least 4 members (excludes halogenated alkanes) is 1. The number of hydrogen-bond donors (Lipinski definition) is 1. The normalized spacial score (nSPS) is 12.9. The molecule has 5 heteroatoms. The molecule has 0 aromatic heterocycles. The molecule has 26 heavy (non-hydrogen) atoms. The van der Waals surface area contributed by atoms with Gasteiger partial charge in [0.2, 0.25) is 5.91 Å². The number of hydrogen-bond acceptors (Lipinski definition) is 3. The van der Waals surface area contributed by atoms with Gasteiger partial charge in [-0.05, 0) is 24.6 Å². The Morgan fingerprint density at radius 2 is 1.81 bits per heavy atom. The third-order valence-electron chi connectivity index (χ3n) is 4.26. The summed E-state index contributed by atoms with van der Waals surface area (Å²) in [7, 11) is 0. The number of nitrogens with zero attached hydrogens (tertiary/aromatic N) is 1. The molecule has 5 nitrogen and oxygen atoms in total. The number of carbonyl (C=O) groups is 2. The molecule has 1 aliphatic heterocycles. The third kappa shape index (κ3) is 3.61. The molecule has 2 amide bonds. The van der Waals surface area contributed by atoms with Gasteiger partial charge in [0, 0.05) is 16.8 Å². The molecule has 0 bridgehead atoms. The van der Waals surface area contributed by atoms with E-state index in [-0.39, 0.29) is 18.4 Å². The molecule has 0 radical (unpaired) electrons. The summed E-state index contributed by atoms with van der Waals surface area (Å²) in [5.41, 5.74) is 2.50. The van der Waals surface area contributed by atoms with Crippen molar-refractivity contribution in [3.8, 4) is 5.75 Å². The number of nitrogens with one attached hydrogen (secondary N) is 1. The summed E-state index contributed by atoms with van der Waals surface area (Å²) in [4.78, 5) is 26.4. The van der Waals surface area contributed by atoms with E-state index >= 15 is 0 Å². The highest BCUT2D eigenvalue weighted by Crippen LogP contribution is 2.31. The minimum Gasteiger partial charge on any atom is -0.491 e. The monoisotopic (exact) mass is 350 g/mol. The van der Waals surface area contributed by atoms with Gasteiger partial charge in [0.15, 0.2) is 0 Å².